The number of benzene rings is 1. The van der Waals surface area contributed by atoms with Crippen LogP contribution < -0.4 is 10.6 Å². The van der Waals surface area contributed by atoms with Crippen molar-refractivity contribution >= 4 is 11.7 Å². The molecular formula is C16H22N6O2. The third-order valence-electron chi connectivity index (χ3n) is 3.74. The fraction of sp³-hybridized carbons (Fsp3) is 0.500. The molecule has 0 saturated heterocycles. The monoisotopic (exact) mass is 330 g/mol. The van der Waals surface area contributed by atoms with Crippen LogP contribution in [0.4, 0.5) is 10.5 Å². The molecule has 0 spiro atoms. The van der Waals surface area contributed by atoms with Gasteiger partial charge in [-0.1, -0.05) is 0 Å². The Bertz CT molecular complexity index is 665. The molecule has 1 aliphatic carbocycles. The molecule has 0 bridgehead atoms. The predicted molar refractivity (Wildman–Crippen MR) is 89.7 cm³/mol. The molecular weight excluding hydrogens is 308 g/mol. The van der Waals surface area contributed by atoms with Gasteiger partial charge >= 0.3 is 6.03 Å². The summed E-state index contributed by atoms with van der Waals surface area (Å²) in [7, 11) is 0. The second-order valence-corrected chi connectivity index (χ2v) is 5.69. The van der Waals surface area contributed by atoms with Crippen LogP contribution in [0, 0.1) is 0 Å². The molecule has 0 atom stereocenters. The Morgan fingerprint density at radius 2 is 2.12 bits per heavy atom. The van der Waals surface area contributed by atoms with Gasteiger partial charge in [0.2, 0.25) is 0 Å². The first-order valence-electron chi connectivity index (χ1n) is 8.29. The van der Waals surface area contributed by atoms with E-state index in [1.54, 1.807) is 0 Å². The molecule has 1 aliphatic rings. The fourth-order valence-corrected chi connectivity index (χ4v) is 2.35. The smallest absolute Gasteiger partial charge is 0.319 e. The number of amides is 2. The summed E-state index contributed by atoms with van der Waals surface area (Å²) in [6, 6.07) is 7.73. The Morgan fingerprint density at radius 3 is 2.83 bits per heavy atom. The zero-order valence-corrected chi connectivity index (χ0v) is 13.7. The zero-order chi connectivity index (χ0) is 16.8. The third kappa shape index (κ3) is 4.29. The van der Waals surface area contributed by atoms with Gasteiger partial charge in [-0.25, -0.2) is 9.48 Å². The molecule has 1 fully saturated rings. The Balaban J connectivity index is 1.51. The first-order valence-corrected chi connectivity index (χ1v) is 8.29. The molecule has 2 N–H and O–H groups in total. The summed E-state index contributed by atoms with van der Waals surface area (Å²) in [5.41, 5.74) is 1.67. The van der Waals surface area contributed by atoms with E-state index in [0.717, 1.165) is 36.3 Å². The Kier molecular flexibility index (Phi) is 5.37. The lowest BCUT2D eigenvalue weighted by Gasteiger charge is -2.08. The van der Waals surface area contributed by atoms with Crippen molar-refractivity contribution in [2.45, 2.75) is 32.2 Å². The first kappa shape index (κ1) is 16.4. The van der Waals surface area contributed by atoms with Crippen molar-refractivity contribution in [1.82, 2.24) is 25.5 Å². The molecule has 1 aromatic heterocycles. The van der Waals surface area contributed by atoms with Crippen molar-refractivity contribution in [2.75, 3.05) is 25.1 Å². The van der Waals surface area contributed by atoms with Gasteiger partial charge in [-0.3, -0.25) is 0 Å². The molecule has 0 unspecified atom stereocenters. The lowest BCUT2D eigenvalue weighted by Crippen LogP contribution is -2.30. The highest BCUT2D eigenvalue weighted by Crippen LogP contribution is 2.36. The van der Waals surface area contributed by atoms with E-state index in [1.807, 2.05) is 35.9 Å². The van der Waals surface area contributed by atoms with Crippen LogP contribution in [0.3, 0.4) is 0 Å². The number of hydrogen-bond donors (Lipinski definition) is 2. The number of urea groups is 1. The average Bonchev–Trinajstić information content (AvgIpc) is 3.32. The van der Waals surface area contributed by atoms with E-state index in [9.17, 15) is 4.79 Å². The van der Waals surface area contributed by atoms with Gasteiger partial charge in [0.05, 0.1) is 6.04 Å². The molecule has 2 amide bonds. The molecule has 1 aromatic carbocycles. The normalized spacial score (nSPS) is 13.7. The van der Waals surface area contributed by atoms with Gasteiger partial charge in [-0.05, 0) is 60.9 Å². The number of carbonyl (C=O) groups is 1. The summed E-state index contributed by atoms with van der Waals surface area (Å²) in [4.78, 5) is 11.8. The van der Waals surface area contributed by atoms with Crippen LogP contribution in [-0.2, 0) is 4.74 Å². The van der Waals surface area contributed by atoms with Gasteiger partial charge in [0.15, 0.2) is 5.82 Å². The SMILES string of the molecule is CCOCCCNC(=O)Nc1ccc(-c2nnnn2C2CC2)cc1. The number of hydrogen-bond acceptors (Lipinski definition) is 5. The molecule has 24 heavy (non-hydrogen) atoms. The topological polar surface area (TPSA) is 94.0 Å². The van der Waals surface area contributed by atoms with E-state index in [1.165, 1.54) is 0 Å². The zero-order valence-electron chi connectivity index (χ0n) is 13.7. The molecule has 128 valence electrons. The molecule has 0 aliphatic heterocycles. The van der Waals surface area contributed by atoms with Gasteiger partial charge in [0.1, 0.15) is 0 Å². The van der Waals surface area contributed by atoms with Crippen LogP contribution in [0.25, 0.3) is 11.4 Å². The number of aromatic nitrogens is 4. The van der Waals surface area contributed by atoms with Gasteiger partial charge in [-0.2, -0.15) is 0 Å². The highest BCUT2D eigenvalue weighted by atomic mass is 16.5. The van der Waals surface area contributed by atoms with Crippen molar-refractivity contribution in [2.24, 2.45) is 0 Å². The number of tetrazole rings is 1. The Labute approximate surface area is 140 Å². The van der Waals surface area contributed by atoms with Gasteiger partial charge in [0, 0.05) is 31.0 Å². The van der Waals surface area contributed by atoms with Crippen LogP contribution in [-0.4, -0.2) is 46.0 Å². The van der Waals surface area contributed by atoms with Crippen molar-refractivity contribution in [3.8, 4) is 11.4 Å². The Hall–Kier alpha value is -2.48. The van der Waals surface area contributed by atoms with Crippen LogP contribution in [0.5, 0.6) is 0 Å². The van der Waals surface area contributed by atoms with E-state index >= 15 is 0 Å². The molecule has 3 rings (SSSR count). The van der Waals surface area contributed by atoms with Crippen molar-refractivity contribution < 1.29 is 9.53 Å². The van der Waals surface area contributed by atoms with Crippen LogP contribution in [0.2, 0.25) is 0 Å². The van der Waals surface area contributed by atoms with E-state index in [-0.39, 0.29) is 6.03 Å². The number of rotatable bonds is 8. The minimum Gasteiger partial charge on any atom is -0.382 e. The van der Waals surface area contributed by atoms with E-state index in [0.29, 0.717) is 25.8 Å². The van der Waals surface area contributed by atoms with Crippen molar-refractivity contribution in [3.05, 3.63) is 24.3 Å². The maximum absolute atomic E-state index is 11.8. The van der Waals surface area contributed by atoms with Crippen LogP contribution >= 0.6 is 0 Å². The maximum Gasteiger partial charge on any atom is 0.319 e. The standard InChI is InChI=1S/C16H22N6O2/c1-2-24-11-3-10-17-16(23)18-13-6-4-12(5-7-13)15-19-20-21-22(15)14-8-9-14/h4-7,14H,2-3,8-11H2,1H3,(H2,17,18,23). The van der Waals surface area contributed by atoms with Gasteiger partial charge in [0.25, 0.3) is 0 Å². The lowest BCUT2D eigenvalue weighted by atomic mass is 10.2. The molecule has 1 heterocycles. The summed E-state index contributed by atoms with van der Waals surface area (Å²) < 4.78 is 7.09. The lowest BCUT2D eigenvalue weighted by molar-refractivity contribution is 0.145. The quantitative estimate of drug-likeness (QED) is 0.724. The summed E-state index contributed by atoms with van der Waals surface area (Å²) in [6.07, 6.45) is 3.05. The maximum atomic E-state index is 11.8. The van der Waals surface area contributed by atoms with E-state index in [4.69, 9.17) is 4.74 Å². The minimum atomic E-state index is -0.220. The molecule has 2 aromatic rings. The summed E-state index contributed by atoms with van der Waals surface area (Å²) in [6.45, 7) is 3.89. The molecule has 8 nitrogen and oxygen atoms in total. The summed E-state index contributed by atoms with van der Waals surface area (Å²) in [5, 5.41) is 17.5. The highest BCUT2D eigenvalue weighted by Gasteiger charge is 2.28. The van der Waals surface area contributed by atoms with E-state index in [2.05, 4.69) is 26.2 Å². The Morgan fingerprint density at radius 1 is 1.33 bits per heavy atom. The molecule has 0 radical (unpaired) electrons. The highest BCUT2D eigenvalue weighted by molar-refractivity contribution is 5.89. The van der Waals surface area contributed by atoms with Crippen LogP contribution in [0.1, 0.15) is 32.2 Å². The number of nitrogens with zero attached hydrogens (tertiary/aromatic N) is 4. The third-order valence-corrected chi connectivity index (χ3v) is 3.74. The second kappa shape index (κ2) is 7.87. The average molecular weight is 330 g/mol. The number of anilines is 1. The predicted octanol–water partition coefficient (Wildman–Crippen LogP) is 2.22. The van der Waals surface area contributed by atoms with Gasteiger partial charge in [-0.15, -0.1) is 5.10 Å². The summed E-state index contributed by atoms with van der Waals surface area (Å²) in [5.74, 6) is 0.768. The minimum absolute atomic E-state index is 0.220. The largest absolute Gasteiger partial charge is 0.382 e. The number of nitrogens with one attached hydrogen (secondary N) is 2. The van der Waals surface area contributed by atoms with Gasteiger partial charge < -0.3 is 15.4 Å². The van der Waals surface area contributed by atoms with E-state index < -0.39 is 0 Å². The van der Waals surface area contributed by atoms with Crippen molar-refractivity contribution in [3.63, 3.8) is 0 Å². The van der Waals surface area contributed by atoms with Crippen LogP contribution in [0.15, 0.2) is 24.3 Å². The second-order valence-electron chi connectivity index (χ2n) is 5.69. The summed E-state index contributed by atoms with van der Waals surface area (Å²) >= 11 is 0. The fourth-order valence-electron chi connectivity index (χ4n) is 2.35. The first-order chi connectivity index (χ1) is 11.8. The molecule has 8 heteroatoms. The molecule has 1 saturated carbocycles. The van der Waals surface area contributed by atoms with Crippen molar-refractivity contribution in [1.29, 1.82) is 0 Å². The number of carbonyl (C=O) groups excluding carboxylic acids is 1. The number of ether oxygens (including phenoxy) is 1.